The Morgan fingerprint density at radius 2 is 1.80 bits per heavy atom. The van der Waals surface area contributed by atoms with Crippen LogP contribution in [0.4, 0.5) is 18.4 Å². The fourth-order valence-electron chi connectivity index (χ4n) is 6.13. The topological polar surface area (TPSA) is 73.9 Å². The summed E-state index contributed by atoms with van der Waals surface area (Å²) in [5.74, 6) is -1.08. The van der Waals surface area contributed by atoms with Gasteiger partial charge in [0.2, 0.25) is 0 Å². The number of benzene rings is 3. The van der Waals surface area contributed by atoms with E-state index in [2.05, 4.69) is 64.9 Å². The quantitative estimate of drug-likeness (QED) is 0.354. The summed E-state index contributed by atoms with van der Waals surface area (Å²) in [7, 11) is 1.72. The maximum atomic E-state index is 13.8. The van der Waals surface area contributed by atoms with Crippen LogP contribution in [0.5, 0.6) is 5.75 Å². The van der Waals surface area contributed by atoms with Gasteiger partial charge < -0.3 is 20.3 Å². The van der Waals surface area contributed by atoms with E-state index >= 15 is 0 Å². The fourth-order valence-corrected chi connectivity index (χ4v) is 6.13. The van der Waals surface area contributed by atoms with Crippen molar-refractivity contribution in [3.63, 3.8) is 0 Å². The third kappa shape index (κ3) is 5.91. The highest BCUT2D eigenvalue weighted by Crippen LogP contribution is 2.45. The van der Waals surface area contributed by atoms with Gasteiger partial charge in [0.1, 0.15) is 5.75 Å². The van der Waals surface area contributed by atoms with Crippen molar-refractivity contribution >= 4 is 12.1 Å². The average molecular weight is 563 g/mol. The number of piperidine rings is 1. The lowest BCUT2D eigenvalue weighted by Crippen LogP contribution is -2.45. The van der Waals surface area contributed by atoms with Crippen LogP contribution in [0.1, 0.15) is 47.6 Å². The summed E-state index contributed by atoms with van der Waals surface area (Å²) < 4.78 is 33.0. The maximum absolute atomic E-state index is 13.8. The number of methoxy groups -OCH3 is 1. The van der Waals surface area contributed by atoms with Crippen LogP contribution < -0.4 is 15.4 Å². The molecule has 3 aromatic carbocycles. The summed E-state index contributed by atoms with van der Waals surface area (Å²) in [6.07, 6.45) is 2.59. The van der Waals surface area contributed by atoms with Gasteiger partial charge in [-0.25, -0.2) is 23.3 Å². The van der Waals surface area contributed by atoms with Crippen molar-refractivity contribution < 1.29 is 23.1 Å². The number of imide groups is 1. The molecule has 7 nitrogen and oxygen atoms in total. The molecule has 0 radical (unpaired) electrons. The number of hydrogen-bond acceptors (Lipinski definition) is 4. The second-order valence-electron chi connectivity index (χ2n) is 10.8. The first kappa shape index (κ1) is 28.5. The molecule has 2 heterocycles. The summed E-state index contributed by atoms with van der Waals surface area (Å²) in [5.41, 5.74) is 3.92. The number of rotatable bonds is 8. The van der Waals surface area contributed by atoms with Crippen molar-refractivity contribution in [2.24, 2.45) is 0 Å². The minimum absolute atomic E-state index is 0.139. The average Bonchev–Trinajstić information content (AvgIpc) is 3.38. The van der Waals surface area contributed by atoms with Gasteiger partial charge in [-0.1, -0.05) is 54.1 Å². The van der Waals surface area contributed by atoms with Crippen LogP contribution in [0.3, 0.4) is 0 Å². The first-order valence-electron chi connectivity index (χ1n) is 14.1. The maximum Gasteiger partial charge on any atom is 0.326 e. The molecule has 3 aromatic rings. The molecule has 4 amide bonds. The molecule has 2 saturated heterocycles. The number of carbonyl (C=O) groups is 2. The largest absolute Gasteiger partial charge is 0.496 e. The number of amides is 4. The smallest absolute Gasteiger partial charge is 0.326 e. The molecule has 216 valence electrons. The Morgan fingerprint density at radius 1 is 1.05 bits per heavy atom. The van der Waals surface area contributed by atoms with Gasteiger partial charge in [-0.15, -0.1) is 0 Å². The summed E-state index contributed by atoms with van der Waals surface area (Å²) >= 11 is 0. The molecular formula is C32H36F2N4O3. The zero-order valence-electron chi connectivity index (χ0n) is 23.5. The molecule has 0 aliphatic carbocycles. The molecule has 0 saturated carbocycles. The minimum Gasteiger partial charge on any atom is -0.496 e. The highest BCUT2D eigenvalue weighted by Gasteiger charge is 2.40. The molecule has 0 bridgehead atoms. The van der Waals surface area contributed by atoms with Crippen LogP contribution in [-0.2, 0) is 5.41 Å². The predicted octanol–water partition coefficient (Wildman–Crippen LogP) is 5.53. The van der Waals surface area contributed by atoms with E-state index < -0.39 is 29.7 Å². The molecule has 41 heavy (non-hydrogen) atoms. The molecule has 1 unspecified atom stereocenters. The summed E-state index contributed by atoms with van der Waals surface area (Å²) in [4.78, 5) is 28.7. The second-order valence-corrected chi connectivity index (χ2v) is 10.8. The van der Waals surface area contributed by atoms with Gasteiger partial charge in [-0.3, -0.25) is 0 Å². The second kappa shape index (κ2) is 12.3. The van der Waals surface area contributed by atoms with E-state index in [1.165, 1.54) is 22.8 Å². The Kier molecular flexibility index (Phi) is 8.54. The summed E-state index contributed by atoms with van der Waals surface area (Å²) in [6.45, 7) is 5.23. The molecule has 0 aromatic heterocycles. The lowest BCUT2D eigenvalue weighted by atomic mass is 9.67. The first-order chi connectivity index (χ1) is 19.8. The highest BCUT2D eigenvalue weighted by molar-refractivity contribution is 5.95. The number of nitrogens with one attached hydrogen (secondary N) is 2. The first-order valence-corrected chi connectivity index (χ1v) is 14.1. The lowest BCUT2D eigenvalue weighted by Gasteiger charge is -2.43. The van der Waals surface area contributed by atoms with Crippen molar-refractivity contribution in [1.82, 2.24) is 20.4 Å². The number of hydrogen-bond donors (Lipinski definition) is 2. The number of halogens is 2. The Morgan fingerprint density at radius 3 is 2.51 bits per heavy atom. The number of likely N-dealkylation sites (tertiary alicyclic amines) is 1. The molecule has 1 atom stereocenters. The van der Waals surface area contributed by atoms with Crippen LogP contribution in [-0.4, -0.2) is 61.7 Å². The van der Waals surface area contributed by atoms with Gasteiger partial charge in [-0.2, -0.15) is 0 Å². The molecule has 9 heteroatoms. The Hall–Kier alpha value is -3.98. The van der Waals surface area contributed by atoms with Crippen molar-refractivity contribution in [2.75, 3.05) is 39.8 Å². The van der Waals surface area contributed by atoms with Crippen LogP contribution >= 0.6 is 0 Å². The Bertz CT molecular complexity index is 1390. The highest BCUT2D eigenvalue weighted by atomic mass is 19.2. The molecule has 2 aliphatic heterocycles. The van der Waals surface area contributed by atoms with Crippen molar-refractivity contribution in [1.29, 1.82) is 0 Å². The van der Waals surface area contributed by atoms with E-state index in [0.717, 1.165) is 55.3 Å². The van der Waals surface area contributed by atoms with Crippen molar-refractivity contribution in [3.05, 3.63) is 101 Å². The van der Waals surface area contributed by atoms with Crippen LogP contribution in [0.15, 0.2) is 66.7 Å². The Labute approximate surface area is 239 Å². The van der Waals surface area contributed by atoms with E-state index in [0.29, 0.717) is 18.5 Å². The number of aryl methyl sites for hydroxylation is 1. The minimum atomic E-state index is -1.01. The van der Waals surface area contributed by atoms with E-state index in [4.69, 9.17) is 4.74 Å². The van der Waals surface area contributed by atoms with Crippen LogP contribution in [0.25, 0.3) is 0 Å². The summed E-state index contributed by atoms with van der Waals surface area (Å²) in [5, 5.41) is 5.44. The molecular weight excluding hydrogens is 526 g/mol. The molecule has 0 spiro atoms. The van der Waals surface area contributed by atoms with E-state index in [1.54, 1.807) is 7.11 Å². The van der Waals surface area contributed by atoms with Crippen LogP contribution in [0.2, 0.25) is 0 Å². The molecule has 2 aliphatic rings. The van der Waals surface area contributed by atoms with E-state index in [-0.39, 0.29) is 12.0 Å². The zero-order chi connectivity index (χ0) is 29.0. The number of nitrogens with zero attached hydrogens (tertiary/aromatic N) is 2. The van der Waals surface area contributed by atoms with Gasteiger partial charge in [0, 0.05) is 24.1 Å². The van der Waals surface area contributed by atoms with Gasteiger partial charge in [-0.05, 0) is 75.1 Å². The standard InChI is InChI=1S/C32H36F2N4O3/c1-22-9-12-29(41-2)25(19-22)32(24-7-4-3-5-8-24)13-17-37(18-14-32)16-6-15-35-30(39)38-28(21-36-31(38)40)23-10-11-26(33)27(34)20-23/h3-5,7-12,19-20,28H,6,13-18,21H2,1-2H3,(H,35,39)(H,36,40). The van der Waals surface area contributed by atoms with E-state index in [9.17, 15) is 18.4 Å². The van der Waals surface area contributed by atoms with Crippen molar-refractivity contribution in [3.8, 4) is 5.75 Å². The van der Waals surface area contributed by atoms with Crippen molar-refractivity contribution in [2.45, 2.75) is 37.6 Å². The third-order valence-corrected chi connectivity index (χ3v) is 8.36. The number of ether oxygens (including phenoxy) is 1. The van der Waals surface area contributed by atoms with Crippen LogP contribution in [0, 0.1) is 18.6 Å². The van der Waals surface area contributed by atoms with Gasteiger partial charge >= 0.3 is 12.1 Å². The molecule has 2 fully saturated rings. The molecule has 2 N–H and O–H groups in total. The third-order valence-electron chi connectivity index (χ3n) is 8.36. The fraction of sp³-hybridized carbons (Fsp3) is 0.375. The van der Waals surface area contributed by atoms with Gasteiger partial charge in [0.25, 0.3) is 0 Å². The monoisotopic (exact) mass is 562 g/mol. The lowest BCUT2D eigenvalue weighted by molar-refractivity contribution is 0.172. The summed E-state index contributed by atoms with van der Waals surface area (Å²) in [6, 6.07) is 18.6. The number of urea groups is 2. The Balaban J connectivity index is 1.18. The molecule has 5 rings (SSSR count). The van der Waals surface area contributed by atoms with E-state index in [1.807, 2.05) is 6.07 Å². The number of carbonyl (C=O) groups excluding carboxylic acids is 2. The normalized spacial score (nSPS) is 18.7. The predicted molar refractivity (Wildman–Crippen MR) is 153 cm³/mol. The van der Waals surface area contributed by atoms with Gasteiger partial charge in [0.05, 0.1) is 13.2 Å². The zero-order valence-corrected chi connectivity index (χ0v) is 23.5. The SMILES string of the molecule is COc1ccc(C)cc1C1(c2ccccc2)CCN(CCCNC(=O)N2C(=O)NCC2c2ccc(F)c(F)c2)CC1. The van der Waals surface area contributed by atoms with Gasteiger partial charge in [0.15, 0.2) is 11.6 Å².